The van der Waals surface area contributed by atoms with Crippen molar-refractivity contribution in [2.24, 2.45) is 0 Å². The van der Waals surface area contributed by atoms with Crippen LogP contribution in [0, 0.1) is 13.8 Å². The van der Waals surface area contributed by atoms with E-state index in [0.717, 1.165) is 22.4 Å². The Kier molecular flexibility index (Phi) is 5.66. The predicted molar refractivity (Wildman–Crippen MR) is 104 cm³/mol. The summed E-state index contributed by atoms with van der Waals surface area (Å²) in [4.78, 5) is 24.1. The van der Waals surface area contributed by atoms with Crippen molar-refractivity contribution in [3.63, 3.8) is 0 Å². The molecule has 0 aliphatic heterocycles. The molecule has 2 amide bonds. The molecule has 6 nitrogen and oxygen atoms in total. The molecule has 1 heterocycles. The summed E-state index contributed by atoms with van der Waals surface area (Å²) >= 11 is 0. The molecule has 6 heteroatoms. The van der Waals surface area contributed by atoms with Crippen molar-refractivity contribution >= 4 is 11.8 Å². The number of para-hydroxylation sites is 1. The van der Waals surface area contributed by atoms with Crippen molar-refractivity contribution in [1.82, 2.24) is 20.4 Å². The zero-order valence-corrected chi connectivity index (χ0v) is 15.4. The summed E-state index contributed by atoms with van der Waals surface area (Å²) in [6.07, 6.45) is 3.57. The molecule has 0 aliphatic rings. The summed E-state index contributed by atoms with van der Waals surface area (Å²) in [5, 5.41) is 9.71. The normalized spacial score (nSPS) is 10.4. The largest absolute Gasteiger partial charge is 0.350 e. The third-order valence-corrected chi connectivity index (χ3v) is 4.33. The quantitative estimate of drug-likeness (QED) is 0.707. The van der Waals surface area contributed by atoms with Crippen LogP contribution in [-0.4, -0.2) is 28.1 Å². The van der Waals surface area contributed by atoms with Crippen molar-refractivity contribution in [3.05, 3.63) is 83.2 Å². The van der Waals surface area contributed by atoms with Crippen LogP contribution >= 0.6 is 0 Å². The molecule has 2 N–H and O–H groups in total. The molecule has 0 spiro atoms. The summed E-state index contributed by atoms with van der Waals surface area (Å²) in [5.41, 5.74) is 4.56. The van der Waals surface area contributed by atoms with Crippen LogP contribution in [0.15, 0.2) is 60.9 Å². The van der Waals surface area contributed by atoms with E-state index in [-0.39, 0.29) is 18.4 Å². The monoisotopic (exact) mass is 362 g/mol. The molecular formula is C21H22N4O2. The Morgan fingerprint density at radius 2 is 1.78 bits per heavy atom. The third kappa shape index (κ3) is 4.82. The topological polar surface area (TPSA) is 76.0 Å². The molecule has 3 aromatic rings. The molecule has 1 aromatic heterocycles. The first-order valence-electron chi connectivity index (χ1n) is 8.74. The van der Waals surface area contributed by atoms with Gasteiger partial charge in [-0.05, 0) is 49.2 Å². The zero-order chi connectivity index (χ0) is 19.2. The average molecular weight is 362 g/mol. The molecule has 0 radical (unpaired) electrons. The fourth-order valence-corrected chi connectivity index (χ4v) is 2.58. The number of benzene rings is 2. The van der Waals surface area contributed by atoms with Crippen LogP contribution in [0.3, 0.4) is 0 Å². The first-order chi connectivity index (χ1) is 13.0. The molecule has 0 unspecified atom stereocenters. The van der Waals surface area contributed by atoms with Gasteiger partial charge >= 0.3 is 0 Å². The number of rotatable bonds is 6. The van der Waals surface area contributed by atoms with Gasteiger partial charge in [0.2, 0.25) is 5.91 Å². The van der Waals surface area contributed by atoms with Crippen molar-refractivity contribution in [2.45, 2.75) is 20.4 Å². The van der Waals surface area contributed by atoms with Crippen LogP contribution in [0.25, 0.3) is 5.69 Å². The minimum absolute atomic E-state index is 0.0709. The maximum Gasteiger partial charge on any atom is 0.251 e. The first kappa shape index (κ1) is 18.4. The lowest BCUT2D eigenvalue weighted by Crippen LogP contribution is -2.36. The molecular weight excluding hydrogens is 340 g/mol. The lowest BCUT2D eigenvalue weighted by atomic mass is 10.1. The van der Waals surface area contributed by atoms with Crippen molar-refractivity contribution < 1.29 is 9.59 Å². The van der Waals surface area contributed by atoms with Gasteiger partial charge in [-0.25, -0.2) is 4.68 Å². The number of hydrogen-bond acceptors (Lipinski definition) is 3. The maximum atomic E-state index is 12.1. The molecule has 0 atom stereocenters. The van der Waals surface area contributed by atoms with E-state index in [2.05, 4.69) is 15.7 Å². The van der Waals surface area contributed by atoms with Gasteiger partial charge in [0.1, 0.15) is 0 Å². The van der Waals surface area contributed by atoms with Gasteiger partial charge < -0.3 is 10.6 Å². The van der Waals surface area contributed by atoms with Gasteiger partial charge in [0.05, 0.1) is 18.4 Å². The van der Waals surface area contributed by atoms with E-state index in [1.54, 1.807) is 16.9 Å². The second kappa shape index (κ2) is 8.31. The van der Waals surface area contributed by atoms with E-state index >= 15 is 0 Å². The van der Waals surface area contributed by atoms with Crippen LogP contribution in [0.1, 0.15) is 27.0 Å². The van der Waals surface area contributed by atoms with Gasteiger partial charge in [0, 0.05) is 23.9 Å². The Morgan fingerprint density at radius 3 is 2.52 bits per heavy atom. The standard InChI is InChI=1S/C21H22N4O2/c1-15-8-9-18(10-16(15)2)21(27)23-13-20(26)22-11-17-12-24-25(14-17)19-6-4-3-5-7-19/h3-10,12,14H,11,13H2,1-2H3,(H,22,26)(H,23,27). The van der Waals surface area contributed by atoms with Gasteiger partial charge in [-0.2, -0.15) is 5.10 Å². The lowest BCUT2D eigenvalue weighted by Gasteiger charge is -2.08. The Morgan fingerprint density at radius 1 is 1.00 bits per heavy atom. The molecule has 138 valence electrons. The van der Waals surface area contributed by atoms with Crippen molar-refractivity contribution in [3.8, 4) is 5.69 Å². The predicted octanol–water partition coefficient (Wildman–Crippen LogP) is 2.54. The SMILES string of the molecule is Cc1ccc(C(=O)NCC(=O)NCc2cnn(-c3ccccc3)c2)cc1C. The van der Waals surface area contributed by atoms with Crippen LogP contribution < -0.4 is 10.6 Å². The second-order valence-corrected chi connectivity index (χ2v) is 6.39. The van der Waals surface area contributed by atoms with Crippen molar-refractivity contribution in [1.29, 1.82) is 0 Å². The van der Waals surface area contributed by atoms with Crippen LogP contribution in [0.2, 0.25) is 0 Å². The van der Waals surface area contributed by atoms with Crippen LogP contribution in [-0.2, 0) is 11.3 Å². The highest BCUT2D eigenvalue weighted by atomic mass is 16.2. The van der Waals surface area contributed by atoms with E-state index in [1.165, 1.54) is 0 Å². The summed E-state index contributed by atoms with van der Waals surface area (Å²) in [5.74, 6) is -0.509. The molecule has 0 saturated carbocycles. The summed E-state index contributed by atoms with van der Waals surface area (Å²) in [6.45, 7) is 4.22. The smallest absolute Gasteiger partial charge is 0.251 e. The summed E-state index contributed by atoms with van der Waals surface area (Å²) in [7, 11) is 0. The number of aryl methyl sites for hydroxylation is 2. The fourth-order valence-electron chi connectivity index (χ4n) is 2.58. The van der Waals surface area contributed by atoms with E-state index < -0.39 is 0 Å². The first-order valence-corrected chi connectivity index (χ1v) is 8.74. The van der Waals surface area contributed by atoms with E-state index in [1.807, 2.05) is 62.5 Å². The van der Waals surface area contributed by atoms with Crippen LogP contribution in [0.4, 0.5) is 0 Å². The number of aromatic nitrogens is 2. The zero-order valence-electron chi connectivity index (χ0n) is 15.4. The number of amides is 2. The van der Waals surface area contributed by atoms with E-state index in [4.69, 9.17) is 0 Å². The molecule has 0 fully saturated rings. The number of hydrogen-bond donors (Lipinski definition) is 2. The second-order valence-electron chi connectivity index (χ2n) is 6.39. The summed E-state index contributed by atoms with van der Waals surface area (Å²) < 4.78 is 1.75. The number of nitrogens with one attached hydrogen (secondary N) is 2. The van der Waals surface area contributed by atoms with E-state index in [9.17, 15) is 9.59 Å². The average Bonchev–Trinajstić information content (AvgIpc) is 3.16. The molecule has 3 rings (SSSR count). The van der Waals surface area contributed by atoms with Crippen LogP contribution in [0.5, 0.6) is 0 Å². The van der Waals surface area contributed by atoms with E-state index in [0.29, 0.717) is 12.1 Å². The maximum absolute atomic E-state index is 12.1. The molecule has 27 heavy (non-hydrogen) atoms. The van der Waals surface area contributed by atoms with Crippen molar-refractivity contribution in [2.75, 3.05) is 6.54 Å². The number of carbonyl (C=O) groups is 2. The highest BCUT2D eigenvalue weighted by Gasteiger charge is 2.09. The van der Waals surface area contributed by atoms with Gasteiger partial charge in [-0.15, -0.1) is 0 Å². The Bertz CT molecular complexity index is 948. The molecule has 0 aliphatic carbocycles. The lowest BCUT2D eigenvalue weighted by molar-refractivity contribution is -0.120. The van der Waals surface area contributed by atoms with Gasteiger partial charge in [0.15, 0.2) is 0 Å². The number of carbonyl (C=O) groups excluding carboxylic acids is 2. The summed E-state index contributed by atoms with van der Waals surface area (Å²) in [6, 6.07) is 15.2. The third-order valence-electron chi connectivity index (χ3n) is 4.33. The van der Waals surface area contributed by atoms with Gasteiger partial charge in [-0.3, -0.25) is 9.59 Å². The Balaban J connectivity index is 1.48. The molecule has 0 bridgehead atoms. The Labute approximate surface area is 158 Å². The fraction of sp³-hybridized carbons (Fsp3) is 0.190. The minimum Gasteiger partial charge on any atom is -0.350 e. The molecule has 2 aromatic carbocycles. The minimum atomic E-state index is -0.259. The van der Waals surface area contributed by atoms with Gasteiger partial charge in [-0.1, -0.05) is 24.3 Å². The van der Waals surface area contributed by atoms with Gasteiger partial charge in [0.25, 0.3) is 5.91 Å². The molecule has 0 saturated heterocycles. The Hall–Kier alpha value is -3.41. The number of nitrogens with zero attached hydrogens (tertiary/aromatic N) is 2. The highest BCUT2D eigenvalue weighted by molar-refractivity contribution is 5.96. The highest BCUT2D eigenvalue weighted by Crippen LogP contribution is 2.10.